The number of aromatic amines is 1. The first-order valence-corrected chi connectivity index (χ1v) is 11.0. The van der Waals surface area contributed by atoms with Gasteiger partial charge in [0.2, 0.25) is 5.91 Å². The summed E-state index contributed by atoms with van der Waals surface area (Å²) in [5.41, 5.74) is 4.02. The summed E-state index contributed by atoms with van der Waals surface area (Å²) >= 11 is 0. The van der Waals surface area contributed by atoms with Crippen LogP contribution in [0.25, 0.3) is 11.3 Å². The summed E-state index contributed by atoms with van der Waals surface area (Å²) in [6, 6.07) is 7.52. The van der Waals surface area contributed by atoms with Crippen LogP contribution in [0.4, 0.5) is 4.79 Å². The summed E-state index contributed by atoms with van der Waals surface area (Å²) in [5, 5.41) is 2.72. The number of nitrogens with zero attached hydrogens (tertiary/aromatic N) is 2. The first kappa shape index (κ1) is 27.1. The Morgan fingerprint density at radius 3 is 2.67 bits per heavy atom. The number of hydrogen-bond acceptors (Lipinski definition) is 5. The number of aromatic nitrogens is 2. The van der Waals surface area contributed by atoms with Crippen molar-refractivity contribution >= 4 is 39.0 Å². The minimum atomic E-state index is -0.611. The van der Waals surface area contributed by atoms with Crippen molar-refractivity contribution in [1.29, 1.82) is 0 Å². The van der Waals surface area contributed by atoms with Crippen molar-refractivity contribution < 1.29 is 19.1 Å². The van der Waals surface area contributed by atoms with Crippen LogP contribution in [0.5, 0.6) is 0 Å². The molecule has 0 aliphatic carbocycles. The van der Waals surface area contributed by atoms with Gasteiger partial charge in [-0.25, -0.2) is 9.78 Å². The zero-order valence-corrected chi connectivity index (χ0v) is 21.1. The number of imidazole rings is 1. The van der Waals surface area contributed by atoms with Gasteiger partial charge >= 0.3 is 6.09 Å². The molecule has 4 rings (SSSR count). The lowest BCUT2D eigenvalue weighted by Gasteiger charge is -2.28. The minimum Gasteiger partial charge on any atom is -0.453 e. The summed E-state index contributed by atoms with van der Waals surface area (Å²) in [6.45, 7) is 3.73. The van der Waals surface area contributed by atoms with Gasteiger partial charge in [-0.3, -0.25) is 4.79 Å². The fourth-order valence-electron chi connectivity index (χ4n) is 4.34. The highest BCUT2D eigenvalue weighted by Crippen LogP contribution is 2.34. The highest BCUT2D eigenvalue weighted by molar-refractivity contribution is 7.59. The largest absolute Gasteiger partial charge is 0.453 e. The minimum absolute atomic E-state index is 0. The molecule has 1 fully saturated rings. The van der Waals surface area contributed by atoms with Crippen LogP contribution in [0.3, 0.4) is 0 Å². The van der Waals surface area contributed by atoms with E-state index in [1.54, 1.807) is 0 Å². The lowest BCUT2D eigenvalue weighted by atomic mass is 10.1. The number of fused-ring (bicyclic) bond motifs is 4. The van der Waals surface area contributed by atoms with Crippen LogP contribution in [-0.4, -0.2) is 53.2 Å². The maximum Gasteiger partial charge on any atom is 0.407 e. The Morgan fingerprint density at radius 1 is 1.18 bits per heavy atom. The molecule has 2 aliphatic heterocycles. The van der Waals surface area contributed by atoms with Crippen molar-refractivity contribution in [2.24, 2.45) is 0 Å². The van der Waals surface area contributed by atoms with Crippen LogP contribution in [0, 0.1) is 6.92 Å². The second kappa shape index (κ2) is 12.3. The van der Waals surface area contributed by atoms with E-state index in [0.717, 1.165) is 48.5 Å². The molecule has 10 heteroatoms. The zero-order chi connectivity index (χ0) is 21.8. The number of carbonyl (C=O) groups excluding carboxylic acids is 2. The second-order valence-electron chi connectivity index (χ2n) is 8.24. The SMILES string of the molecule is COC(=O)N[C@H]1CCCCOCc2[nH]c(nc2-c2ccc(C)cc2)[C@@H]2CCCN2C1=O.S.S. The topological polar surface area (TPSA) is 96.6 Å². The van der Waals surface area contributed by atoms with Crippen LogP contribution in [-0.2, 0) is 20.9 Å². The molecule has 2 aliphatic rings. The predicted molar refractivity (Wildman–Crippen MR) is 136 cm³/mol. The number of benzene rings is 1. The molecule has 2 N–H and O–H groups in total. The highest BCUT2D eigenvalue weighted by Gasteiger charge is 2.36. The number of ether oxygens (including phenoxy) is 2. The van der Waals surface area contributed by atoms with Crippen molar-refractivity contribution in [2.45, 2.75) is 57.7 Å². The van der Waals surface area contributed by atoms with Crippen LogP contribution >= 0.6 is 27.0 Å². The summed E-state index contributed by atoms with van der Waals surface area (Å²) in [4.78, 5) is 35.4. The predicted octanol–water partition coefficient (Wildman–Crippen LogP) is 3.70. The third-order valence-electron chi connectivity index (χ3n) is 6.03. The number of carbonyl (C=O) groups is 2. The Balaban J connectivity index is 0.00000193. The van der Waals surface area contributed by atoms with E-state index in [4.69, 9.17) is 14.5 Å². The Bertz CT molecular complexity index is 935. The number of amides is 2. The molecule has 0 radical (unpaired) electrons. The third-order valence-corrected chi connectivity index (χ3v) is 6.03. The van der Waals surface area contributed by atoms with E-state index in [0.29, 0.717) is 26.2 Å². The zero-order valence-electron chi connectivity index (χ0n) is 19.1. The molecule has 2 bridgehead atoms. The number of methoxy groups -OCH3 is 1. The number of alkyl carbamates (subject to hydrolysis) is 1. The van der Waals surface area contributed by atoms with Crippen molar-refractivity contribution in [3.8, 4) is 11.3 Å². The Hall–Kier alpha value is -2.17. The monoisotopic (exact) mass is 494 g/mol. The molecular weight excluding hydrogens is 460 g/mol. The molecule has 0 unspecified atom stereocenters. The molecule has 1 aromatic carbocycles. The standard InChI is InChI=1S/C23H30N4O4.2H2S/c1-15-8-10-16(11-9-15)20-18-14-31-13-4-3-6-17(25-23(29)30-2)22(28)27-12-5-7-19(27)21(24-18)26-20;;/h8-11,17,19H,3-7,12-14H2,1-2H3,(H,24,26)(H,25,29);2*1H2/t17-,19-;;/m0../s1. The first-order chi connectivity index (χ1) is 15.1. The molecule has 3 heterocycles. The second-order valence-corrected chi connectivity index (χ2v) is 8.24. The van der Waals surface area contributed by atoms with E-state index in [1.165, 1.54) is 12.7 Å². The molecule has 33 heavy (non-hydrogen) atoms. The van der Waals surface area contributed by atoms with E-state index in [-0.39, 0.29) is 38.9 Å². The Kier molecular flexibility index (Phi) is 10.1. The molecule has 182 valence electrons. The van der Waals surface area contributed by atoms with Crippen molar-refractivity contribution in [1.82, 2.24) is 20.2 Å². The molecule has 0 saturated carbocycles. The van der Waals surface area contributed by atoms with Gasteiger partial charge in [-0.15, -0.1) is 0 Å². The maximum absolute atomic E-state index is 13.4. The number of hydrogen-bond donors (Lipinski definition) is 2. The summed E-state index contributed by atoms with van der Waals surface area (Å²) in [5.74, 6) is 0.694. The van der Waals surface area contributed by atoms with Crippen LogP contribution in [0.1, 0.15) is 55.2 Å². The average molecular weight is 495 g/mol. The lowest BCUT2D eigenvalue weighted by molar-refractivity contribution is -0.134. The molecule has 1 aromatic heterocycles. The van der Waals surface area contributed by atoms with Crippen LogP contribution < -0.4 is 5.32 Å². The molecule has 0 spiro atoms. The van der Waals surface area contributed by atoms with Gasteiger partial charge in [0.05, 0.1) is 31.1 Å². The normalized spacial score (nSPS) is 20.8. The summed E-state index contributed by atoms with van der Waals surface area (Å²) in [7, 11) is 1.31. The molecule has 8 nitrogen and oxygen atoms in total. The average Bonchev–Trinajstić information content (AvgIpc) is 3.42. The summed E-state index contributed by atoms with van der Waals surface area (Å²) < 4.78 is 10.7. The van der Waals surface area contributed by atoms with E-state index >= 15 is 0 Å². The maximum atomic E-state index is 13.4. The Morgan fingerprint density at radius 2 is 1.94 bits per heavy atom. The van der Waals surface area contributed by atoms with E-state index in [9.17, 15) is 9.59 Å². The smallest absolute Gasteiger partial charge is 0.407 e. The number of aryl methyl sites for hydroxylation is 1. The van der Waals surface area contributed by atoms with Gasteiger partial charge in [-0.05, 0) is 39.0 Å². The lowest BCUT2D eigenvalue weighted by Crippen LogP contribution is -2.48. The van der Waals surface area contributed by atoms with Crippen LogP contribution in [0.15, 0.2) is 24.3 Å². The number of H-pyrrole nitrogens is 1. The molecule has 2 amide bonds. The van der Waals surface area contributed by atoms with E-state index in [2.05, 4.69) is 41.5 Å². The number of nitrogens with one attached hydrogen (secondary N) is 2. The van der Waals surface area contributed by atoms with Crippen molar-refractivity contribution in [3.05, 3.63) is 41.3 Å². The fourth-order valence-corrected chi connectivity index (χ4v) is 4.34. The van der Waals surface area contributed by atoms with Gasteiger partial charge in [-0.2, -0.15) is 27.0 Å². The first-order valence-electron chi connectivity index (χ1n) is 11.0. The van der Waals surface area contributed by atoms with Crippen molar-refractivity contribution in [2.75, 3.05) is 20.3 Å². The third kappa shape index (κ3) is 6.24. The highest BCUT2D eigenvalue weighted by atomic mass is 32.1. The molecule has 1 saturated heterocycles. The van der Waals surface area contributed by atoms with Crippen molar-refractivity contribution in [3.63, 3.8) is 0 Å². The fraction of sp³-hybridized carbons (Fsp3) is 0.522. The molecule has 2 atom stereocenters. The van der Waals surface area contributed by atoms with E-state index < -0.39 is 12.1 Å². The van der Waals surface area contributed by atoms with Gasteiger partial charge in [0.1, 0.15) is 11.9 Å². The number of rotatable bonds is 2. The van der Waals surface area contributed by atoms with Gasteiger partial charge in [0.25, 0.3) is 0 Å². The van der Waals surface area contributed by atoms with E-state index in [1.807, 2.05) is 4.90 Å². The van der Waals surface area contributed by atoms with Gasteiger partial charge < -0.3 is 24.7 Å². The summed E-state index contributed by atoms with van der Waals surface area (Å²) in [6.07, 6.45) is 3.27. The molecular formula is C23H34N4O4S2. The quantitative estimate of drug-likeness (QED) is 0.664. The van der Waals surface area contributed by atoms with Crippen LogP contribution in [0.2, 0.25) is 0 Å². The van der Waals surface area contributed by atoms with Gasteiger partial charge in [0.15, 0.2) is 0 Å². The van der Waals surface area contributed by atoms with Gasteiger partial charge in [-0.1, -0.05) is 29.8 Å². The van der Waals surface area contributed by atoms with Gasteiger partial charge in [0, 0.05) is 18.7 Å². The Labute approximate surface area is 208 Å². The molecule has 2 aromatic rings.